The SMILES string of the molecule is CCC(CC)(CN)C(=O)N1CCN(S(=O)(=O)N2CCN(C)CC2)CC1. The summed E-state index contributed by atoms with van der Waals surface area (Å²) >= 11 is 0. The van der Waals surface area contributed by atoms with Gasteiger partial charge in [-0.05, 0) is 19.9 Å². The van der Waals surface area contributed by atoms with E-state index in [4.69, 9.17) is 5.73 Å². The first-order valence-corrected chi connectivity index (χ1v) is 10.6. The Labute approximate surface area is 152 Å². The van der Waals surface area contributed by atoms with E-state index in [2.05, 4.69) is 4.90 Å². The molecule has 146 valence electrons. The van der Waals surface area contributed by atoms with E-state index in [0.717, 1.165) is 13.1 Å². The van der Waals surface area contributed by atoms with Crippen LogP contribution in [0.3, 0.4) is 0 Å². The fourth-order valence-corrected chi connectivity index (χ4v) is 5.14. The van der Waals surface area contributed by atoms with Crippen LogP contribution in [0.5, 0.6) is 0 Å². The van der Waals surface area contributed by atoms with Gasteiger partial charge in [-0.1, -0.05) is 13.8 Å². The van der Waals surface area contributed by atoms with Crippen molar-refractivity contribution in [2.45, 2.75) is 26.7 Å². The van der Waals surface area contributed by atoms with Crippen LogP contribution in [-0.4, -0.2) is 98.7 Å². The molecule has 0 spiro atoms. The zero-order valence-electron chi connectivity index (χ0n) is 15.8. The van der Waals surface area contributed by atoms with E-state index in [0.29, 0.717) is 58.7 Å². The predicted octanol–water partition coefficient (Wildman–Crippen LogP) is -0.612. The molecule has 0 aromatic rings. The van der Waals surface area contributed by atoms with Crippen LogP contribution < -0.4 is 5.73 Å². The van der Waals surface area contributed by atoms with Crippen molar-refractivity contribution in [3.63, 3.8) is 0 Å². The molecule has 8 nitrogen and oxygen atoms in total. The molecule has 2 heterocycles. The Bertz CT molecular complexity index is 540. The lowest BCUT2D eigenvalue weighted by atomic mass is 9.81. The largest absolute Gasteiger partial charge is 0.340 e. The molecule has 2 fully saturated rings. The minimum Gasteiger partial charge on any atom is -0.340 e. The van der Waals surface area contributed by atoms with Gasteiger partial charge in [-0.2, -0.15) is 17.0 Å². The van der Waals surface area contributed by atoms with Gasteiger partial charge in [-0.25, -0.2) is 0 Å². The molecule has 1 amide bonds. The third-order valence-electron chi connectivity index (χ3n) is 5.84. The molecule has 0 aromatic carbocycles. The number of piperazine rings is 2. The van der Waals surface area contributed by atoms with Crippen molar-refractivity contribution in [3.8, 4) is 0 Å². The van der Waals surface area contributed by atoms with Gasteiger partial charge in [0.15, 0.2) is 0 Å². The summed E-state index contributed by atoms with van der Waals surface area (Å²) < 4.78 is 28.7. The molecule has 2 saturated heterocycles. The number of hydrogen-bond acceptors (Lipinski definition) is 5. The second-order valence-corrected chi connectivity index (χ2v) is 9.02. The van der Waals surface area contributed by atoms with Crippen LogP contribution >= 0.6 is 0 Å². The maximum Gasteiger partial charge on any atom is 0.282 e. The number of amides is 1. The Hall–Kier alpha value is -0.740. The third kappa shape index (κ3) is 4.16. The second-order valence-electron chi connectivity index (χ2n) is 7.09. The molecule has 2 rings (SSSR count). The van der Waals surface area contributed by atoms with Crippen LogP contribution in [0.15, 0.2) is 0 Å². The van der Waals surface area contributed by atoms with E-state index in [1.54, 1.807) is 9.21 Å². The zero-order chi connectivity index (χ0) is 18.7. The summed E-state index contributed by atoms with van der Waals surface area (Å²) in [6, 6.07) is 0. The summed E-state index contributed by atoms with van der Waals surface area (Å²) in [5.41, 5.74) is 5.36. The summed E-state index contributed by atoms with van der Waals surface area (Å²) in [5, 5.41) is 0. The van der Waals surface area contributed by atoms with Gasteiger partial charge >= 0.3 is 0 Å². The lowest BCUT2D eigenvalue weighted by molar-refractivity contribution is -0.143. The summed E-state index contributed by atoms with van der Waals surface area (Å²) in [5.74, 6) is 0.0663. The van der Waals surface area contributed by atoms with Crippen molar-refractivity contribution in [3.05, 3.63) is 0 Å². The van der Waals surface area contributed by atoms with Crippen LogP contribution in [0.2, 0.25) is 0 Å². The van der Waals surface area contributed by atoms with Crippen molar-refractivity contribution in [1.29, 1.82) is 0 Å². The highest BCUT2D eigenvalue weighted by Crippen LogP contribution is 2.28. The van der Waals surface area contributed by atoms with E-state index < -0.39 is 15.6 Å². The second kappa shape index (κ2) is 8.30. The predicted molar refractivity (Wildman–Crippen MR) is 98.2 cm³/mol. The number of likely N-dealkylation sites (N-methyl/N-ethyl adjacent to an activating group) is 1. The Morgan fingerprint density at radius 2 is 1.36 bits per heavy atom. The number of nitrogens with two attached hydrogens (primary N) is 1. The van der Waals surface area contributed by atoms with Crippen molar-refractivity contribution in [1.82, 2.24) is 18.4 Å². The van der Waals surface area contributed by atoms with Crippen LogP contribution in [0.4, 0.5) is 0 Å². The fourth-order valence-electron chi connectivity index (χ4n) is 3.57. The molecule has 9 heteroatoms. The number of hydrogen-bond donors (Lipinski definition) is 1. The summed E-state index contributed by atoms with van der Waals surface area (Å²) in [6.45, 7) is 8.46. The molecule has 0 unspecified atom stereocenters. The molecule has 2 aliphatic rings. The monoisotopic (exact) mass is 375 g/mol. The topological polar surface area (TPSA) is 90.2 Å². The first-order valence-electron chi connectivity index (χ1n) is 9.24. The first kappa shape index (κ1) is 20.6. The molecule has 0 saturated carbocycles. The minimum absolute atomic E-state index is 0.0663. The highest BCUT2D eigenvalue weighted by Gasteiger charge is 2.40. The van der Waals surface area contributed by atoms with Crippen molar-refractivity contribution in [2.75, 3.05) is 66.0 Å². The Balaban J connectivity index is 1.98. The summed E-state index contributed by atoms with van der Waals surface area (Å²) in [4.78, 5) is 16.8. The van der Waals surface area contributed by atoms with E-state index in [9.17, 15) is 13.2 Å². The van der Waals surface area contributed by atoms with Crippen molar-refractivity contribution >= 4 is 16.1 Å². The highest BCUT2D eigenvalue weighted by molar-refractivity contribution is 7.86. The third-order valence-corrected chi connectivity index (χ3v) is 7.87. The maximum absolute atomic E-state index is 12.9. The van der Waals surface area contributed by atoms with Gasteiger partial charge in [0.1, 0.15) is 0 Å². The number of carbonyl (C=O) groups excluding carboxylic acids is 1. The van der Waals surface area contributed by atoms with Gasteiger partial charge in [0.05, 0.1) is 5.41 Å². The maximum atomic E-state index is 12.9. The van der Waals surface area contributed by atoms with E-state index >= 15 is 0 Å². The molecule has 0 radical (unpaired) electrons. The standard InChI is InChI=1S/C16H33N5O3S/c1-4-16(5-2,14-17)15(22)19-8-12-21(13-9-19)25(23,24)20-10-6-18(3)7-11-20/h4-14,17H2,1-3H3. The van der Waals surface area contributed by atoms with Crippen LogP contribution in [0.25, 0.3) is 0 Å². The quantitative estimate of drug-likeness (QED) is 0.669. The zero-order valence-corrected chi connectivity index (χ0v) is 16.6. The smallest absolute Gasteiger partial charge is 0.282 e. The Morgan fingerprint density at radius 1 is 0.920 bits per heavy atom. The van der Waals surface area contributed by atoms with Crippen LogP contribution in [0.1, 0.15) is 26.7 Å². The van der Waals surface area contributed by atoms with Gasteiger partial charge in [-0.3, -0.25) is 4.79 Å². The lowest BCUT2D eigenvalue weighted by Crippen LogP contribution is -2.59. The lowest BCUT2D eigenvalue weighted by Gasteiger charge is -2.41. The molecule has 0 atom stereocenters. The highest BCUT2D eigenvalue weighted by atomic mass is 32.2. The first-order chi connectivity index (χ1) is 11.8. The van der Waals surface area contributed by atoms with Gasteiger partial charge in [0.25, 0.3) is 10.2 Å². The number of nitrogens with zero attached hydrogens (tertiary/aromatic N) is 4. The van der Waals surface area contributed by atoms with E-state index in [1.807, 2.05) is 20.9 Å². The summed E-state index contributed by atoms with van der Waals surface area (Å²) in [6.07, 6.45) is 1.41. The molecular weight excluding hydrogens is 342 g/mol. The molecule has 2 aliphatic heterocycles. The van der Waals surface area contributed by atoms with Crippen LogP contribution in [-0.2, 0) is 15.0 Å². The average Bonchev–Trinajstić information content (AvgIpc) is 2.64. The van der Waals surface area contributed by atoms with E-state index in [-0.39, 0.29) is 5.91 Å². The molecule has 0 aromatic heterocycles. The summed E-state index contributed by atoms with van der Waals surface area (Å²) in [7, 11) is -1.43. The average molecular weight is 376 g/mol. The number of rotatable bonds is 6. The molecule has 0 bridgehead atoms. The number of carbonyl (C=O) groups is 1. The molecule has 2 N–H and O–H groups in total. The van der Waals surface area contributed by atoms with Crippen molar-refractivity contribution in [2.24, 2.45) is 11.1 Å². The van der Waals surface area contributed by atoms with Gasteiger partial charge in [0, 0.05) is 58.9 Å². The Kier molecular flexibility index (Phi) is 6.83. The van der Waals surface area contributed by atoms with Crippen molar-refractivity contribution < 1.29 is 13.2 Å². The molecule has 0 aliphatic carbocycles. The van der Waals surface area contributed by atoms with Gasteiger partial charge < -0.3 is 15.5 Å². The van der Waals surface area contributed by atoms with Crippen LogP contribution in [0, 0.1) is 5.41 Å². The minimum atomic E-state index is -3.43. The fraction of sp³-hybridized carbons (Fsp3) is 0.938. The molecule has 25 heavy (non-hydrogen) atoms. The van der Waals surface area contributed by atoms with Gasteiger partial charge in [0.2, 0.25) is 5.91 Å². The van der Waals surface area contributed by atoms with E-state index in [1.165, 1.54) is 4.31 Å². The normalized spacial score (nSPS) is 22.3. The Morgan fingerprint density at radius 3 is 1.76 bits per heavy atom. The molecular formula is C16H33N5O3S. The van der Waals surface area contributed by atoms with Gasteiger partial charge in [-0.15, -0.1) is 0 Å².